The van der Waals surface area contributed by atoms with Crippen molar-refractivity contribution in [3.63, 3.8) is 0 Å². The summed E-state index contributed by atoms with van der Waals surface area (Å²) >= 11 is 1.46. The van der Waals surface area contributed by atoms with Crippen LogP contribution in [-0.4, -0.2) is 28.6 Å². The van der Waals surface area contributed by atoms with Crippen molar-refractivity contribution in [2.45, 2.75) is 20.4 Å². The van der Waals surface area contributed by atoms with Crippen molar-refractivity contribution in [2.24, 2.45) is 11.8 Å². The molecule has 0 saturated heterocycles. The van der Waals surface area contributed by atoms with E-state index < -0.39 is 11.9 Å². The number of hydrogen-bond donors (Lipinski definition) is 3. The molecule has 100 valence electrons. The van der Waals surface area contributed by atoms with Gasteiger partial charge in [0.05, 0.1) is 23.7 Å². The third kappa shape index (κ3) is 4.70. The quantitative estimate of drug-likeness (QED) is 0.727. The highest BCUT2D eigenvalue weighted by atomic mass is 32.1. The van der Waals surface area contributed by atoms with E-state index in [1.165, 1.54) is 11.3 Å². The molecule has 1 atom stereocenters. The Morgan fingerprint density at radius 2 is 2.17 bits per heavy atom. The number of urea groups is 1. The zero-order valence-corrected chi connectivity index (χ0v) is 11.2. The minimum Gasteiger partial charge on any atom is -0.481 e. The van der Waals surface area contributed by atoms with E-state index in [9.17, 15) is 9.59 Å². The summed E-state index contributed by atoms with van der Waals surface area (Å²) in [6.45, 7) is 4.09. The second-order valence-corrected chi connectivity index (χ2v) is 4.95. The zero-order chi connectivity index (χ0) is 13.5. The van der Waals surface area contributed by atoms with E-state index in [2.05, 4.69) is 15.6 Å². The van der Waals surface area contributed by atoms with Gasteiger partial charge in [-0.05, 0) is 5.92 Å². The molecule has 0 saturated carbocycles. The second-order valence-electron chi connectivity index (χ2n) is 4.23. The number of carboxylic acid groups (broad SMARTS) is 1. The normalized spacial score (nSPS) is 12.2. The van der Waals surface area contributed by atoms with E-state index in [-0.39, 0.29) is 18.5 Å². The van der Waals surface area contributed by atoms with Gasteiger partial charge < -0.3 is 15.7 Å². The molecule has 7 heteroatoms. The van der Waals surface area contributed by atoms with Gasteiger partial charge in [0.25, 0.3) is 0 Å². The highest BCUT2D eigenvalue weighted by molar-refractivity contribution is 7.07. The second kappa shape index (κ2) is 6.95. The Morgan fingerprint density at radius 1 is 1.44 bits per heavy atom. The standard InChI is InChI=1S/C11H17N3O3S/c1-7(2)9(10(15)16)4-13-11(17)12-3-8-5-18-6-14-8/h5-7,9H,3-4H2,1-2H3,(H,15,16)(H2,12,13,17). The van der Waals surface area contributed by atoms with Crippen molar-refractivity contribution in [3.05, 3.63) is 16.6 Å². The molecule has 0 spiro atoms. The average Bonchev–Trinajstić information content (AvgIpc) is 2.78. The van der Waals surface area contributed by atoms with Crippen LogP contribution in [0.1, 0.15) is 19.5 Å². The predicted molar refractivity (Wildman–Crippen MR) is 68.3 cm³/mol. The first-order valence-electron chi connectivity index (χ1n) is 5.62. The molecule has 0 radical (unpaired) electrons. The number of aliphatic carboxylic acids is 1. The number of amides is 2. The summed E-state index contributed by atoms with van der Waals surface area (Å²) in [5, 5.41) is 16.0. The highest BCUT2D eigenvalue weighted by Crippen LogP contribution is 2.09. The minimum absolute atomic E-state index is 0.0265. The maximum absolute atomic E-state index is 11.4. The van der Waals surface area contributed by atoms with Gasteiger partial charge in [-0.1, -0.05) is 13.8 Å². The summed E-state index contributed by atoms with van der Waals surface area (Å²) in [5.41, 5.74) is 2.47. The van der Waals surface area contributed by atoms with Crippen molar-refractivity contribution in [2.75, 3.05) is 6.54 Å². The van der Waals surface area contributed by atoms with Crippen LogP contribution in [0.3, 0.4) is 0 Å². The monoisotopic (exact) mass is 271 g/mol. The lowest BCUT2D eigenvalue weighted by Crippen LogP contribution is -2.41. The van der Waals surface area contributed by atoms with Gasteiger partial charge in [0.2, 0.25) is 0 Å². The Bertz CT molecular complexity index is 392. The Morgan fingerprint density at radius 3 is 2.67 bits per heavy atom. The van der Waals surface area contributed by atoms with E-state index in [4.69, 9.17) is 5.11 Å². The van der Waals surface area contributed by atoms with Crippen LogP contribution in [0.5, 0.6) is 0 Å². The van der Waals surface area contributed by atoms with E-state index >= 15 is 0 Å². The van der Waals surface area contributed by atoms with Gasteiger partial charge in [-0.2, -0.15) is 0 Å². The molecule has 1 rings (SSSR count). The Balaban J connectivity index is 2.29. The summed E-state index contributed by atoms with van der Waals surface area (Å²) < 4.78 is 0. The van der Waals surface area contributed by atoms with Crippen LogP contribution >= 0.6 is 11.3 Å². The van der Waals surface area contributed by atoms with Crippen molar-refractivity contribution < 1.29 is 14.7 Å². The first-order valence-corrected chi connectivity index (χ1v) is 6.56. The maximum atomic E-state index is 11.4. The first-order chi connectivity index (χ1) is 8.50. The maximum Gasteiger partial charge on any atom is 0.315 e. The van der Waals surface area contributed by atoms with E-state index in [1.54, 1.807) is 5.51 Å². The highest BCUT2D eigenvalue weighted by Gasteiger charge is 2.21. The SMILES string of the molecule is CC(C)C(CNC(=O)NCc1cscn1)C(=O)O. The molecule has 1 unspecified atom stereocenters. The number of nitrogens with one attached hydrogen (secondary N) is 2. The summed E-state index contributed by atoms with van der Waals surface area (Å²) in [5.74, 6) is -1.50. The molecule has 0 fully saturated rings. The molecule has 1 aromatic heterocycles. The van der Waals surface area contributed by atoms with Crippen LogP contribution in [-0.2, 0) is 11.3 Å². The van der Waals surface area contributed by atoms with Crippen LogP contribution in [0.4, 0.5) is 4.79 Å². The lowest BCUT2D eigenvalue weighted by Gasteiger charge is -2.16. The molecular formula is C11H17N3O3S. The van der Waals surface area contributed by atoms with Gasteiger partial charge in [0.15, 0.2) is 0 Å². The first kappa shape index (κ1) is 14.4. The summed E-state index contributed by atoms with van der Waals surface area (Å²) in [7, 11) is 0. The Hall–Kier alpha value is -1.63. The number of rotatable bonds is 6. The fraction of sp³-hybridized carbons (Fsp3) is 0.545. The third-order valence-corrected chi connectivity index (χ3v) is 3.15. The van der Waals surface area contributed by atoms with Gasteiger partial charge in [-0.25, -0.2) is 9.78 Å². The summed E-state index contributed by atoms with van der Waals surface area (Å²) in [6, 6.07) is -0.380. The van der Waals surface area contributed by atoms with E-state index in [0.717, 1.165) is 5.69 Å². The van der Waals surface area contributed by atoms with Gasteiger partial charge >= 0.3 is 12.0 Å². The number of carbonyl (C=O) groups excluding carboxylic acids is 1. The molecule has 0 bridgehead atoms. The lowest BCUT2D eigenvalue weighted by atomic mass is 9.96. The molecule has 6 nitrogen and oxygen atoms in total. The molecule has 0 aromatic carbocycles. The van der Waals surface area contributed by atoms with Gasteiger partial charge in [-0.15, -0.1) is 11.3 Å². The number of carbonyl (C=O) groups is 2. The fourth-order valence-corrected chi connectivity index (χ4v) is 1.93. The minimum atomic E-state index is -0.898. The van der Waals surface area contributed by atoms with Crippen molar-refractivity contribution in [1.82, 2.24) is 15.6 Å². The zero-order valence-electron chi connectivity index (χ0n) is 10.3. The number of aromatic nitrogens is 1. The number of carboxylic acids is 1. The van der Waals surface area contributed by atoms with Crippen molar-refractivity contribution in [1.29, 1.82) is 0 Å². The largest absolute Gasteiger partial charge is 0.481 e. The number of thiazole rings is 1. The van der Waals surface area contributed by atoms with E-state index in [0.29, 0.717) is 6.54 Å². The van der Waals surface area contributed by atoms with Crippen LogP contribution in [0.15, 0.2) is 10.9 Å². The van der Waals surface area contributed by atoms with Crippen molar-refractivity contribution >= 4 is 23.3 Å². The molecule has 0 aliphatic rings. The average molecular weight is 271 g/mol. The topological polar surface area (TPSA) is 91.3 Å². The Labute approximate surface area is 109 Å². The number of hydrogen-bond acceptors (Lipinski definition) is 4. The van der Waals surface area contributed by atoms with Crippen LogP contribution in [0.2, 0.25) is 0 Å². The van der Waals surface area contributed by atoms with Crippen LogP contribution < -0.4 is 10.6 Å². The predicted octanol–water partition coefficient (Wildman–Crippen LogP) is 1.30. The molecule has 1 aromatic rings. The molecule has 0 aliphatic heterocycles. The Kier molecular flexibility index (Phi) is 5.57. The molecule has 18 heavy (non-hydrogen) atoms. The van der Waals surface area contributed by atoms with Crippen LogP contribution in [0, 0.1) is 11.8 Å². The lowest BCUT2D eigenvalue weighted by molar-refractivity contribution is -0.142. The van der Waals surface area contributed by atoms with Crippen LogP contribution in [0.25, 0.3) is 0 Å². The third-order valence-electron chi connectivity index (χ3n) is 2.52. The molecular weight excluding hydrogens is 254 g/mol. The smallest absolute Gasteiger partial charge is 0.315 e. The fourth-order valence-electron chi connectivity index (χ4n) is 1.37. The molecule has 1 heterocycles. The van der Waals surface area contributed by atoms with E-state index in [1.807, 2.05) is 19.2 Å². The van der Waals surface area contributed by atoms with Gasteiger partial charge in [-0.3, -0.25) is 4.79 Å². The molecule has 3 N–H and O–H groups in total. The van der Waals surface area contributed by atoms with Crippen molar-refractivity contribution in [3.8, 4) is 0 Å². The van der Waals surface area contributed by atoms with Gasteiger partial charge in [0, 0.05) is 11.9 Å². The molecule has 2 amide bonds. The summed E-state index contributed by atoms with van der Waals surface area (Å²) in [4.78, 5) is 26.4. The molecule has 0 aliphatic carbocycles. The number of nitrogens with zero attached hydrogens (tertiary/aromatic N) is 1. The summed E-state index contributed by atoms with van der Waals surface area (Å²) in [6.07, 6.45) is 0. The van der Waals surface area contributed by atoms with Gasteiger partial charge in [0.1, 0.15) is 0 Å².